The van der Waals surface area contributed by atoms with Crippen molar-refractivity contribution in [3.8, 4) is 0 Å². The molecule has 4 rings (SSSR count). The number of likely N-dealkylation sites (N-methyl/N-ethyl adjacent to an activating group) is 1. The molecule has 1 fully saturated rings. The second kappa shape index (κ2) is 9.45. The smallest absolute Gasteiger partial charge is 0.321 e. The second-order valence-electron chi connectivity index (χ2n) is 7.77. The molecule has 8 heteroatoms. The highest BCUT2D eigenvalue weighted by Crippen LogP contribution is 2.28. The van der Waals surface area contributed by atoms with Crippen LogP contribution in [0.15, 0.2) is 54.6 Å². The minimum atomic E-state index is -0.125. The molecule has 2 heterocycles. The fraction of sp³-hybridized carbons (Fsp3) is 0.348. The van der Waals surface area contributed by atoms with Crippen LogP contribution in [0.1, 0.15) is 18.0 Å². The van der Waals surface area contributed by atoms with Crippen LogP contribution in [-0.4, -0.2) is 71.4 Å². The highest BCUT2D eigenvalue weighted by Gasteiger charge is 2.26. The average Bonchev–Trinajstić information content (AvgIpc) is 3.23. The van der Waals surface area contributed by atoms with Crippen LogP contribution in [0.5, 0.6) is 0 Å². The quantitative estimate of drug-likeness (QED) is 0.661. The second-order valence-corrected chi connectivity index (χ2v) is 8.84. The molecular weight excluding hydrogens is 410 g/mol. The molecular formula is C23H27N5O2S. The number of anilines is 1. The number of amides is 3. The maximum atomic E-state index is 12.8. The van der Waals surface area contributed by atoms with Crippen LogP contribution >= 0.6 is 11.3 Å². The first-order valence-electron chi connectivity index (χ1n) is 10.5. The number of urea groups is 1. The van der Waals surface area contributed by atoms with Crippen molar-refractivity contribution in [1.29, 1.82) is 0 Å². The third kappa shape index (κ3) is 5.03. The Kier molecular flexibility index (Phi) is 6.48. The standard InChI is InChI=1S/C23H27N5O2S/c1-17(22-25-19-10-6-7-11-20(19)31-22)26(2)16-21(29)27-12-14-28(15-13-27)23(30)24-18-8-4-3-5-9-18/h3-11,17H,12-16H2,1-2H3,(H,24,30). The number of carbonyl (C=O) groups is 2. The van der Waals surface area contributed by atoms with Crippen LogP contribution in [0.25, 0.3) is 10.2 Å². The van der Waals surface area contributed by atoms with Gasteiger partial charge in [0.2, 0.25) is 5.91 Å². The zero-order valence-electron chi connectivity index (χ0n) is 17.8. The van der Waals surface area contributed by atoms with Crippen LogP contribution in [0.2, 0.25) is 0 Å². The Morgan fingerprint density at radius 2 is 1.68 bits per heavy atom. The predicted molar refractivity (Wildman–Crippen MR) is 124 cm³/mol. The number of para-hydroxylation sites is 2. The van der Waals surface area contributed by atoms with Gasteiger partial charge < -0.3 is 15.1 Å². The Morgan fingerprint density at radius 1 is 1.03 bits per heavy atom. The third-order valence-electron chi connectivity index (χ3n) is 5.66. The first-order valence-corrected chi connectivity index (χ1v) is 11.3. The zero-order chi connectivity index (χ0) is 21.8. The Balaban J connectivity index is 1.27. The summed E-state index contributed by atoms with van der Waals surface area (Å²) in [5.41, 5.74) is 1.77. The van der Waals surface area contributed by atoms with Crippen molar-refractivity contribution >= 4 is 39.2 Å². The molecule has 1 aliphatic rings. The van der Waals surface area contributed by atoms with E-state index in [9.17, 15) is 9.59 Å². The van der Waals surface area contributed by atoms with Crippen molar-refractivity contribution in [2.24, 2.45) is 0 Å². The Bertz CT molecular complexity index is 1010. The summed E-state index contributed by atoms with van der Waals surface area (Å²) < 4.78 is 1.16. The zero-order valence-corrected chi connectivity index (χ0v) is 18.6. The van der Waals surface area contributed by atoms with Crippen LogP contribution in [-0.2, 0) is 4.79 Å². The summed E-state index contributed by atoms with van der Waals surface area (Å²) in [7, 11) is 1.96. The fourth-order valence-electron chi connectivity index (χ4n) is 3.59. The molecule has 1 atom stereocenters. The molecule has 1 N–H and O–H groups in total. The average molecular weight is 438 g/mol. The van der Waals surface area contributed by atoms with Gasteiger partial charge in [-0.2, -0.15) is 0 Å². The lowest BCUT2D eigenvalue weighted by atomic mass is 10.2. The molecule has 7 nitrogen and oxygen atoms in total. The molecule has 3 amide bonds. The van der Waals surface area contributed by atoms with Crippen molar-refractivity contribution in [3.05, 3.63) is 59.6 Å². The number of thiazole rings is 1. The number of benzene rings is 2. The summed E-state index contributed by atoms with van der Waals surface area (Å²) in [4.78, 5) is 35.6. The number of piperazine rings is 1. The van der Waals surface area contributed by atoms with E-state index in [2.05, 4.69) is 18.3 Å². The van der Waals surface area contributed by atoms with E-state index in [1.807, 2.05) is 65.4 Å². The van der Waals surface area contributed by atoms with Crippen LogP contribution in [0, 0.1) is 0 Å². The van der Waals surface area contributed by atoms with Crippen molar-refractivity contribution in [2.45, 2.75) is 13.0 Å². The number of rotatable bonds is 5. The van der Waals surface area contributed by atoms with Crippen LogP contribution < -0.4 is 5.32 Å². The lowest BCUT2D eigenvalue weighted by Crippen LogP contribution is -2.53. The number of hydrogen-bond acceptors (Lipinski definition) is 5. The van der Waals surface area contributed by atoms with Gasteiger partial charge in [-0.3, -0.25) is 9.69 Å². The summed E-state index contributed by atoms with van der Waals surface area (Å²) in [6, 6.07) is 17.4. The van der Waals surface area contributed by atoms with Crippen LogP contribution in [0.4, 0.5) is 10.5 Å². The number of hydrogen-bond donors (Lipinski definition) is 1. The highest BCUT2D eigenvalue weighted by atomic mass is 32.1. The van der Waals surface area contributed by atoms with Crippen molar-refractivity contribution in [3.63, 3.8) is 0 Å². The molecule has 2 aromatic carbocycles. The maximum absolute atomic E-state index is 12.8. The van der Waals surface area contributed by atoms with Crippen LogP contribution in [0.3, 0.4) is 0 Å². The van der Waals surface area contributed by atoms with Gasteiger partial charge in [0.25, 0.3) is 0 Å². The Hall–Kier alpha value is -2.97. The van der Waals surface area contributed by atoms with Crippen molar-refractivity contribution < 1.29 is 9.59 Å². The minimum Gasteiger partial charge on any atom is -0.338 e. The minimum absolute atomic E-state index is 0.0549. The number of aromatic nitrogens is 1. The summed E-state index contributed by atoms with van der Waals surface area (Å²) in [5, 5.41) is 3.91. The molecule has 0 spiro atoms. The number of nitrogens with zero attached hydrogens (tertiary/aromatic N) is 4. The SMILES string of the molecule is CC(c1nc2ccccc2s1)N(C)CC(=O)N1CCN(C(=O)Nc2ccccc2)CC1. The van der Waals surface area contributed by atoms with Gasteiger partial charge >= 0.3 is 6.03 Å². The lowest BCUT2D eigenvalue weighted by Gasteiger charge is -2.36. The molecule has 1 aliphatic heterocycles. The van der Waals surface area contributed by atoms with Gasteiger partial charge in [0.15, 0.2) is 0 Å². The molecule has 3 aromatic rings. The Morgan fingerprint density at radius 3 is 2.39 bits per heavy atom. The summed E-state index contributed by atoms with van der Waals surface area (Å²) >= 11 is 1.67. The summed E-state index contributed by atoms with van der Waals surface area (Å²) in [6.45, 7) is 4.56. The highest BCUT2D eigenvalue weighted by molar-refractivity contribution is 7.18. The third-order valence-corrected chi connectivity index (χ3v) is 6.86. The van der Waals surface area contributed by atoms with Crippen molar-refractivity contribution in [2.75, 3.05) is 45.1 Å². The molecule has 1 saturated heterocycles. The molecule has 31 heavy (non-hydrogen) atoms. The molecule has 0 bridgehead atoms. The topological polar surface area (TPSA) is 68.8 Å². The van der Waals surface area contributed by atoms with E-state index < -0.39 is 0 Å². The van der Waals surface area contributed by atoms with Gasteiger partial charge in [0.05, 0.1) is 22.8 Å². The van der Waals surface area contributed by atoms with Gasteiger partial charge in [-0.05, 0) is 38.2 Å². The van der Waals surface area contributed by atoms with Crippen molar-refractivity contribution in [1.82, 2.24) is 19.7 Å². The maximum Gasteiger partial charge on any atom is 0.321 e. The number of nitrogens with one attached hydrogen (secondary N) is 1. The first-order chi connectivity index (χ1) is 15.0. The van der Waals surface area contributed by atoms with E-state index >= 15 is 0 Å². The fourth-order valence-corrected chi connectivity index (χ4v) is 4.68. The largest absolute Gasteiger partial charge is 0.338 e. The van der Waals surface area contributed by atoms with E-state index in [0.717, 1.165) is 20.9 Å². The van der Waals surface area contributed by atoms with E-state index in [1.54, 1.807) is 16.2 Å². The van der Waals surface area contributed by atoms with E-state index in [-0.39, 0.29) is 18.0 Å². The lowest BCUT2D eigenvalue weighted by molar-refractivity contribution is -0.134. The molecule has 0 saturated carbocycles. The molecule has 0 radical (unpaired) electrons. The van der Waals surface area contributed by atoms with E-state index in [4.69, 9.17) is 4.98 Å². The summed E-state index contributed by atoms with van der Waals surface area (Å²) in [6.07, 6.45) is 0. The van der Waals surface area contributed by atoms with Gasteiger partial charge in [-0.15, -0.1) is 11.3 Å². The molecule has 0 aliphatic carbocycles. The molecule has 1 unspecified atom stereocenters. The van der Waals surface area contributed by atoms with E-state index in [0.29, 0.717) is 32.7 Å². The van der Waals surface area contributed by atoms with Gasteiger partial charge in [0.1, 0.15) is 5.01 Å². The van der Waals surface area contributed by atoms with E-state index in [1.165, 1.54) is 0 Å². The first kappa shape index (κ1) is 21.3. The molecule has 1 aromatic heterocycles. The monoisotopic (exact) mass is 437 g/mol. The summed E-state index contributed by atoms with van der Waals surface area (Å²) in [5.74, 6) is 0.0820. The van der Waals surface area contributed by atoms with Gasteiger partial charge in [0, 0.05) is 31.9 Å². The normalized spacial score (nSPS) is 15.3. The predicted octanol–water partition coefficient (Wildman–Crippen LogP) is 3.67. The molecule has 162 valence electrons. The Labute approximate surface area is 186 Å². The van der Waals surface area contributed by atoms with Gasteiger partial charge in [-0.1, -0.05) is 30.3 Å². The number of carbonyl (C=O) groups excluding carboxylic acids is 2. The van der Waals surface area contributed by atoms with Gasteiger partial charge in [-0.25, -0.2) is 9.78 Å². The number of fused-ring (bicyclic) bond motifs is 1.